The van der Waals surface area contributed by atoms with Gasteiger partial charge in [-0.1, -0.05) is 12.1 Å². The molecule has 7 nitrogen and oxygen atoms in total. The second kappa shape index (κ2) is 11.7. The third-order valence-electron chi connectivity index (χ3n) is 4.21. The van der Waals surface area contributed by atoms with E-state index >= 15 is 0 Å². The standard InChI is InChI=1S/C22H30N2O5/c1-5-28-19-10-7-16(13-21(19)29-6-2)11-12-23-22(25)24-15-17-8-9-18(26-3)20(14-17)27-4/h7-10,13-14H,5-6,11-12,15H2,1-4H3,(H2,23,24,25). The highest BCUT2D eigenvalue weighted by Crippen LogP contribution is 2.29. The molecule has 0 fully saturated rings. The predicted molar refractivity (Wildman–Crippen MR) is 112 cm³/mol. The van der Waals surface area contributed by atoms with Crippen LogP contribution in [-0.2, 0) is 13.0 Å². The average Bonchev–Trinajstić information content (AvgIpc) is 2.74. The zero-order valence-corrected chi connectivity index (χ0v) is 17.5. The zero-order valence-electron chi connectivity index (χ0n) is 17.5. The normalized spacial score (nSPS) is 10.2. The fraction of sp³-hybridized carbons (Fsp3) is 0.409. The summed E-state index contributed by atoms with van der Waals surface area (Å²) in [6.45, 7) is 5.93. The monoisotopic (exact) mass is 402 g/mol. The molecule has 0 spiro atoms. The van der Waals surface area contributed by atoms with E-state index in [1.807, 2.05) is 50.2 Å². The van der Waals surface area contributed by atoms with Crippen molar-refractivity contribution in [2.24, 2.45) is 0 Å². The molecule has 29 heavy (non-hydrogen) atoms. The number of benzene rings is 2. The number of carbonyl (C=O) groups excluding carboxylic acids is 1. The first-order valence-electron chi connectivity index (χ1n) is 9.72. The molecule has 158 valence electrons. The number of nitrogens with one attached hydrogen (secondary N) is 2. The number of carbonyl (C=O) groups is 1. The van der Waals surface area contributed by atoms with Crippen molar-refractivity contribution in [2.45, 2.75) is 26.8 Å². The Labute approximate surface area is 172 Å². The summed E-state index contributed by atoms with van der Waals surface area (Å²) in [5.41, 5.74) is 1.99. The zero-order chi connectivity index (χ0) is 21.1. The molecule has 0 aliphatic carbocycles. The molecule has 2 amide bonds. The maximum atomic E-state index is 12.1. The molecule has 0 aliphatic heterocycles. The highest BCUT2D eigenvalue weighted by atomic mass is 16.5. The second-order valence-electron chi connectivity index (χ2n) is 6.20. The third-order valence-corrected chi connectivity index (χ3v) is 4.21. The van der Waals surface area contributed by atoms with Gasteiger partial charge in [-0.3, -0.25) is 0 Å². The molecule has 0 unspecified atom stereocenters. The van der Waals surface area contributed by atoms with Gasteiger partial charge in [-0.15, -0.1) is 0 Å². The summed E-state index contributed by atoms with van der Waals surface area (Å²) in [5.74, 6) is 2.75. The van der Waals surface area contributed by atoms with Crippen LogP contribution in [0.3, 0.4) is 0 Å². The minimum Gasteiger partial charge on any atom is -0.493 e. The van der Waals surface area contributed by atoms with Crippen LogP contribution in [0.25, 0.3) is 0 Å². The van der Waals surface area contributed by atoms with E-state index in [1.165, 1.54) is 0 Å². The molecule has 0 atom stereocenters. The van der Waals surface area contributed by atoms with Gasteiger partial charge in [0, 0.05) is 13.1 Å². The highest BCUT2D eigenvalue weighted by Gasteiger charge is 2.08. The number of rotatable bonds is 11. The van der Waals surface area contributed by atoms with Crippen LogP contribution < -0.4 is 29.6 Å². The van der Waals surface area contributed by atoms with Crippen LogP contribution >= 0.6 is 0 Å². The summed E-state index contributed by atoms with van der Waals surface area (Å²) in [6, 6.07) is 11.2. The number of hydrogen-bond donors (Lipinski definition) is 2. The molecule has 0 heterocycles. The topological polar surface area (TPSA) is 78.1 Å². The van der Waals surface area contributed by atoms with Crippen molar-refractivity contribution in [3.05, 3.63) is 47.5 Å². The number of hydrogen-bond acceptors (Lipinski definition) is 5. The Hall–Kier alpha value is -3.09. The van der Waals surface area contributed by atoms with Gasteiger partial charge in [0.15, 0.2) is 23.0 Å². The van der Waals surface area contributed by atoms with Crippen LogP contribution in [0, 0.1) is 0 Å². The lowest BCUT2D eigenvalue weighted by Gasteiger charge is -2.13. The van der Waals surface area contributed by atoms with E-state index in [4.69, 9.17) is 18.9 Å². The number of ether oxygens (including phenoxy) is 4. The Balaban J connectivity index is 1.81. The van der Waals surface area contributed by atoms with Gasteiger partial charge in [0.2, 0.25) is 0 Å². The van der Waals surface area contributed by atoms with Gasteiger partial charge in [-0.05, 0) is 55.7 Å². The highest BCUT2D eigenvalue weighted by molar-refractivity contribution is 5.73. The van der Waals surface area contributed by atoms with E-state index < -0.39 is 0 Å². The molecule has 7 heteroatoms. The van der Waals surface area contributed by atoms with Crippen LogP contribution in [0.15, 0.2) is 36.4 Å². The molecular formula is C22H30N2O5. The molecule has 0 aliphatic rings. The lowest BCUT2D eigenvalue weighted by molar-refractivity contribution is 0.240. The van der Waals surface area contributed by atoms with Crippen molar-refractivity contribution in [1.82, 2.24) is 10.6 Å². The van der Waals surface area contributed by atoms with E-state index in [2.05, 4.69) is 10.6 Å². The number of amides is 2. The van der Waals surface area contributed by atoms with E-state index in [1.54, 1.807) is 14.2 Å². The molecule has 0 saturated heterocycles. The van der Waals surface area contributed by atoms with Crippen LogP contribution in [0.1, 0.15) is 25.0 Å². The van der Waals surface area contributed by atoms with Crippen LogP contribution in [0.2, 0.25) is 0 Å². The summed E-state index contributed by atoms with van der Waals surface area (Å²) >= 11 is 0. The first-order chi connectivity index (χ1) is 14.1. The molecule has 2 aromatic carbocycles. The van der Waals surface area contributed by atoms with E-state index in [0.717, 1.165) is 22.6 Å². The minimum atomic E-state index is -0.226. The Bertz CT molecular complexity index is 795. The molecule has 2 rings (SSSR count). The summed E-state index contributed by atoms with van der Waals surface area (Å²) < 4.78 is 21.7. The second-order valence-corrected chi connectivity index (χ2v) is 6.20. The molecule has 0 saturated carbocycles. The summed E-state index contributed by atoms with van der Waals surface area (Å²) in [4.78, 5) is 12.1. The predicted octanol–water partition coefficient (Wildman–Crippen LogP) is 3.54. The summed E-state index contributed by atoms with van der Waals surface area (Å²) in [5, 5.41) is 5.71. The van der Waals surface area contributed by atoms with E-state index in [9.17, 15) is 4.79 Å². The minimum absolute atomic E-state index is 0.226. The molecule has 0 aromatic heterocycles. The number of methoxy groups -OCH3 is 2. The maximum Gasteiger partial charge on any atom is 0.315 e. The average molecular weight is 402 g/mol. The Morgan fingerprint density at radius 3 is 2.10 bits per heavy atom. The van der Waals surface area contributed by atoms with Gasteiger partial charge >= 0.3 is 6.03 Å². The first-order valence-corrected chi connectivity index (χ1v) is 9.72. The first kappa shape index (κ1) is 22.2. The van der Waals surface area contributed by atoms with Crippen molar-refractivity contribution in [3.63, 3.8) is 0 Å². The molecular weight excluding hydrogens is 372 g/mol. The van der Waals surface area contributed by atoms with E-state index in [-0.39, 0.29) is 6.03 Å². The fourth-order valence-corrected chi connectivity index (χ4v) is 2.81. The summed E-state index contributed by atoms with van der Waals surface area (Å²) in [7, 11) is 3.17. The number of urea groups is 1. The SMILES string of the molecule is CCOc1ccc(CCNC(=O)NCc2ccc(OC)c(OC)c2)cc1OCC. The van der Waals surface area contributed by atoms with Crippen molar-refractivity contribution < 1.29 is 23.7 Å². The van der Waals surface area contributed by atoms with Gasteiger partial charge in [-0.25, -0.2) is 4.79 Å². The molecule has 2 N–H and O–H groups in total. The van der Waals surface area contributed by atoms with Gasteiger partial charge in [0.25, 0.3) is 0 Å². The molecule has 0 radical (unpaired) electrons. The maximum absolute atomic E-state index is 12.1. The Morgan fingerprint density at radius 2 is 1.41 bits per heavy atom. The lowest BCUT2D eigenvalue weighted by Crippen LogP contribution is -2.36. The van der Waals surface area contributed by atoms with Crippen molar-refractivity contribution in [1.29, 1.82) is 0 Å². The van der Waals surface area contributed by atoms with Gasteiger partial charge in [0.1, 0.15) is 0 Å². The van der Waals surface area contributed by atoms with Crippen LogP contribution in [0.4, 0.5) is 4.79 Å². The quantitative estimate of drug-likeness (QED) is 0.601. The van der Waals surface area contributed by atoms with Crippen molar-refractivity contribution in [2.75, 3.05) is 34.0 Å². The van der Waals surface area contributed by atoms with Gasteiger partial charge in [0.05, 0.1) is 27.4 Å². The smallest absolute Gasteiger partial charge is 0.315 e. The third kappa shape index (κ3) is 6.78. The fourth-order valence-electron chi connectivity index (χ4n) is 2.81. The Kier molecular flexibility index (Phi) is 8.95. The van der Waals surface area contributed by atoms with Crippen molar-refractivity contribution in [3.8, 4) is 23.0 Å². The molecule has 2 aromatic rings. The lowest BCUT2D eigenvalue weighted by atomic mass is 10.1. The molecule has 0 bridgehead atoms. The van der Waals surface area contributed by atoms with E-state index in [0.29, 0.717) is 44.2 Å². The van der Waals surface area contributed by atoms with Crippen LogP contribution in [0.5, 0.6) is 23.0 Å². The van der Waals surface area contributed by atoms with Gasteiger partial charge in [-0.2, -0.15) is 0 Å². The largest absolute Gasteiger partial charge is 0.493 e. The summed E-state index contributed by atoms with van der Waals surface area (Å²) in [6.07, 6.45) is 0.691. The van der Waals surface area contributed by atoms with Gasteiger partial charge < -0.3 is 29.6 Å². The van der Waals surface area contributed by atoms with Crippen molar-refractivity contribution >= 4 is 6.03 Å². The Morgan fingerprint density at radius 1 is 0.793 bits per heavy atom. The van der Waals surface area contributed by atoms with Crippen LogP contribution in [-0.4, -0.2) is 40.0 Å².